The minimum Gasteiger partial charge on any atom is -0.299 e. The zero-order valence-corrected chi connectivity index (χ0v) is 14.6. The number of aryl methyl sites for hydroxylation is 1. The summed E-state index contributed by atoms with van der Waals surface area (Å²) in [5.74, 6) is 2.57. The first-order valence-electron chi connectivity index (χ1n) is 9.04. The molecule has 1 aromatic rings. The van der Waals surface area contributed by atoms with Crippen molar-refractivity contribution in [2.45, 2.75) is 65.7 Å². The maximum atomic E-state index is 12.7. The van der Waals surface area contributed by atoms with Gasteiger partial charge in [-0.25, -0.2) is 0 Å². The van der Waals surface area contributed by atoms with Crippen molar-refractivity contribution in [3.8, 4) is 0 Å². The molecule has 0 N–H and O–H groups in total. The Morgan fingerprint density at radius 2 is 2.00 bits per heavy atom. The van der Waals surface area contributed by atoms with Gasteiger partial charge in [-0.05, 0) is 53.6 Å². The van der Waals surface area contributed by atoms with Crippen LogP contribution in [-0.4, -0.2) is 5.78 Å². The Balaban J connectivity index is 1.96. The quantitative estimate of drug-likeness (QED) is 0.731. The van der Waals surface area contributed by atoms with E-state index in [-0.39, 0.29) is 11.3 Å². The highest BCUT2D eigenvalue weighted by atomic mass is 16.1. The van der Waals surface area contributed by atoms with Crippen molar-refractivity contribution in [3.05, 3.63) is 35.4 Å². The van der Waals surface area contributed by atoms with Crippen LogP contribution in [0.15, 0.2) is 24.3 Å². The van der Waals surface area contributed by atoms with Crippen LogP contribution in [0.5, 0.6) is 0 Å². The van der Waals surface area contributed by atoms with Crippen LogP contribution < -0.4 is 0 Å². The van der Waals surface area contributed by atoms with Crippen molar-refractivity contribution in [1.82, 2.24) is 0 Å². The molecular formula is C21H30O. The maximum absolute atomic E-state index is 12.7. The summed E-state index contributed by atoms with van der Waals surface area (Å²) in [6.45, 7) is 9.20. The molecule has 1 saturated carbocycles. The predicted molar refractivity (Wildman–Crippen MR) is 92.0 cm³/mol. The van der Waals surface area contributed by atoms with Gasteiger partial charge < -0.3 is 0 Å². The van der Waals surface area contributed by atoms with Gasteiger partial charge in [0.15, 0.2) is 0 Å². The molecule has 1 fully saturated rings. The lowest BCUT2D eigenvalue weighted by Crippen LogP contribution is -2.48. The monoisotopic (exact) mass is 298 g/mol. The molecule has 0 aromatic heterocycles. The third-order valence-electron chi connectivity index (χ3n) is 6.67. The molecule has 0 saturated heterocycles. The summed E-state index contributed by atoms with van der Waals surface area (Å²) in [4.78, 5) is 12.7. The van der Waals surface area contributed by atoms with Crippen LogP contribution in [0.1, 0.15) is 70.4 Å². The van der Waals surface area contributed by atoms with E-state index in [0.29, 0.717) is 17.6 Å². The molecule has 0 heterocycles. The Hall–Kier alpha value is -1.11. The van der Waals surface area contributed by atoms with Crippen LogP contribution in [0, 0.1) is 23.2 Å². The van der Waals surface area contributed by atoms with Crippen molar-refractivity contribution >= 4 is 5.78 Å². The number of carbonyl (C=O) groups is 1. The molecule has 0 radical (unpaired) electrons. The predicted octanol–water partition coefficient (Wildman–Crippen LogP) is 5.38. The topological polar surface area (TPSA) is 17.1 Å². The van der Waals surface area contributed by atoms with Gasteiger partial charge in [0.05, 0.1) is 0 Å². The van der Waals surface area contributed by atoms with E-state index in [1.807, 2.05) is 0 Å². The molecule has 22 heavy (non-hydrogen) atoms. The summed E-state index contributed by atoms with van der Waals surface area (Å²) in [5.41, 5.74) is 3.13. The molecule has 2 aliphatic carbocycles. The first-order valence-corrected chi connectivity index (χ1v) is 9.04. The molecule has 4 atom stereocenters. The number of ketones is 1. The van der Waals surface area contributed by atoms with Gasteiger partial charge >= 0.3 is 0 Å². The van der Waals surface area contributed by atoms with E-state index in [4.69, 9.17) is 0 Å². The second kappa shape index (κ2) is 5.83. The van der Waals surface area contributed by atoms with Crippen LogP contribution in [0.3, 0.4) is 0 Å². The van der Waals surface area contributed by atoms with Crippen LogP contribution >= 0.6 is 0 Å². The molecule has 4 unspecified atom stereocenters. The van der Waals surface area contributed by atoms with E-state index in [2.05, 4.69) is 52.0 Å². The van der Waals surface area contributed by atoms with Crippen molar-refractivity contribution in [3.63, 3.8) is 0 Å². The minimum absolute atomic E-state index is 0.178. The normalized spacial score (nSPS) is 34.4. The fourth-order valence-corrected chi connectivity index (χ4v) is 4.98. The molecule has 0 amide bonds. The van der Waals surface area contributed by atoms with Gasteiger partial charge in [-0.2, -0.15) is 0 Å². The number of fused-ring (bicyclic) bond motifs is 3. The van der Waals surface area contributed by atoms with Gasteiger partial charge in [0.1, 0.15) is 5.78 Å². The molecule has 3 rings (SSSR count). The second-order valence-corrected chi connectivity index (χ2v) is 8.28. The lowest BCUT2D eigenvalue weighted by atomic mass is 9.51. The van der Waals surface area contributed by atoms with Crippen molar-refractivity contribution in [1.29, 1.82) is 0 Å². The number of benzene rings is 1. The van der Waals surface area contributed by atoms with E-state index in [9.17, 15) is 4.79 Å². The Bertz CT molecular complexity index is 559. The van der Waals surface area contributed by atoms with Crippen LogP contribution in [0.25, 0.3) is 0 Å². The Kier molecular flexibility index (Phi) is 4.18. The Labute approximate surface area is 135 Å². The van der Waals surface area contributed by atoms with Crippen molar-refractivity contribution in [2.24, 2.45) is 23.2 Å². The molecule has 0 spiro atoms. The summed E-state index contributed by atoms with van der Waals surface area (Å²) in [7, 11) is 0. The summed E-state index contributed by atoms with van der Waals surface area (Å²) in [6.07, 6.45) is 5.64. The zero-order valence-electron chi connectivity index (χ0n) is 14.6. The molecule has 2 aliphatic rings. The summed E-state index contributed by atoms with van der Waals surface area (Å²) in [5, 5.41) is 0. The molecule has 1 nitrogen and oxygen atoms in total. The standard InChI is InChI=1S/C21H30O/c1-14(2)11-12-21(4)15(3)20(22)13-18-17-8-6-5-7-16(17)9-10-19(18)21/h5-8,14-15,18-19H,9-13H2,1-4H3. The zero-order chi connectivity index (χ0) is 15.9. The van der Waals surface area contributed by atoms with Gasteiger partial charge in [0, 0.05) is 12.3 Å². The van der Waals surface area contributed by atoms with Crippen molar-refractivity contribution in [2.75, 3.05) is 0 Å². The highest BCUT2D eigenvalue weighted by Gasteiger charge is 2.51. The van der Waals surface area contributed by atoms with E-state index in [1.54, 1.807) is 0 Å². The minimum atomic E-state index is 0.178. The van der Waals surface area contributed by atoms with Gasteiger partial charge in [-0.1, -0.05) is 58.4 Å². The fourth-order valence-electron chi connectivity index (χ4n) is 4.98. The molecule has 1 aromatic carbocycles. The van der Waals surface area contributed by atoms with Gasteiger partial charge in [0.2, 0.25) is 0 Å². The summed E-state index contributed by atoms with van der Waals surface area (Å²) < 4.78 is 0. The van der Waals surface area contributed by atoms with Crippen LogP contribution in [-0.2, 0) is 11.2 Å². The van der Waals surface area contributed by atoms with E-state index < -0.39 is 0 Å². The number of Topliss-reactive ketones (excluding diaryl/α,β-unsaturated/α-hetero) is 1. The van der Waals surface area contributed by atoms with Gasteiger partial charge in [-0.3, -0.25) is 4.79 Å². The first-order chi connectivity index (χ1) is 10.4. The third-order valence-corrected chi connectivity index (χ3v) is 6.67. The maximum Gasteiger partial charge on any atom is 0.136 e. The van der Waals surface area contributed by atoms with Crippen LogP contribution in [0.4, 0.5) is 0 Å². The molecule has 1 heteroatoms. The van der Waals surface area contributed by atoms with Crippen LogP contribution in [0.2, 0.25) is 0 Å². The lowest BCUT2D eigenvalue weighted by molar-refractivity contribution is -0.135. The second-order valence-electron chi connectivity index (χ2n) is 8.28. The highest BCUT2D eigenvalue weighted by Crippen LogP contribution is 2.56. The van der Waals surface area contributed by atoms with Crippen molar-refractivity contribution < 1.29 is 4.79 Å². The van der Waals surface area contributed by atoms with Gasteiger partial charge in [0.25, 0.3) is 0 Å². The number of hydrogen-bond acceptors (Lipinski definition) is 1. The average Bonchev–Trinajstić information content (AvgIpc) is 2.51. The Morgan fingerprint density at radius 3 is 2.73 bits per heavy atom. The Morgan fingerprint density at radius 1 is 1.27 bits per heavy atom. The molecular weight excluding hydrogens is 268 g/mol. The number of hydrogen-bond donors (Lipinski definition) is 0. The molecule has 0 aliphatic heterocycles. The van der Waals surface area contributed by atoms with E-state index in [1.165, 1.54) is 36.8 Å². The molecule has 120 valence electrons. The summed E-state index contributed by atoms with van der Waals surface area (Å²) in [6, 6.07) is 8.83. The highest BCUT2D eigenvalue weighted by molar-refractivity contribution is 5.83. The number of carbonyl (C=O) groups excluding carboxylic acids is 1. The van der Waals surface area contributed by atoms with E-state index >= 15 is 0 Å². The number of rotatable bonds is 3. The average molecular weight is 298 g/mol. The fraction of sp³-hybridized carbons (Fsp3) is 0.667. The smallest absolute Gasteiger partial charge is 0.136 e. The SMILES string of the molecule is CC(C)CCC1(C)C(C)C(=O)CC2c3ccccc3CCC21. The molecule has 0 bridgehead atoms. The van der Waals surface area contributed by atoms with E-state index in [0.717, 1.165) is 12.3 Å². The first kappa shape index (κ1) is 15.8. The summed E-state index contributed by atoms with van der Waals surface area (Å²) >= 11 is 0. The largest absolute Gasteiger partial charge is 0.299 e. The third kappa shape index (κ3) is 2.53. The lowest BCUT2D eigenvalue weighted by Gasteiger charge is -2.52. The van der Waals surface area contributed by atoms with Gasteiger partial charge in [-0.15, -0.1) is 0 Å².